The van der Waals surface area contributed by atoms with Crippen molar-refractivity contribution in [1.82, 2.24) is 9.97 Å². The van der Waals surface area contributed by atoms with E-state index in [0.717, 1.165) is 36.8 Å². The lowest BCUT2D eigenvalue weighted by Gasteiger charge is -2.20. The van der Waals surface area contributed by atoms with Crippen LogP contribution < -0.4 is 10.6 Å². The maximum absolute atomic E-state index is 9.32. The number of rotatable bonds is 5. The first-order valence-electron chi connectivity index (χ1n) is 6.70. The highest BCUT2D eigenvalue weighted by Gasteiger charge is 2.26. The van der Waals surface area contributed by atoms with Gasteiger partial charge in [-0.3, -0.25) is 0 Å². The molecule has 0 spiro atoms. The van der Waals surface area contributed by atoms with Crippen LogP contribution in [0.2, 0.25) is 0 Å². The lowest BCUT2D eigenvalue weighted by molar-refractivity contribution is 0.222. The van der Waals surface area contributed by atoms with Crippen molar-refractivity contribution in [2.75, 3.05) is 23.8 Å². The smallest absolute Gasteiger partial charge is 0.132 e. The normalized spacial score (nSPS) is 23.1. The van der Waals surface area contributed by atoms with Crippen LogP contribution in [0.5, 0.6) is 0 Å². The van der Waals surface area contributed by atoms with E-state index in [0.29, 0.717) is 12.0 Å². The fourth-order valence-electron chi connectivity index (χ4n) is 2.55. The van der Waals surface area contributed by atoms with Gasteiger partial charge in [-0.05, 0) is 26.7 Å². The van der Waals surface area contributed by atoms with Gasteiger partial charge in [0.15, 0.2) is 0 Å². The molecule has 0 amide bonds. The molecule has 3 N–H and O–H groups in total. The predicted molar refractivity (Wildman–Crippen MR) is 72.8 cm³/mol. The first-order valence-corrected chi connectivity index (χ1v) is 6.70. The minimum Gasteiger partial charge on any atom is -0.396 e. The Labute approximate surface area is 108 Å². The summed E-state index contributed by atoms with van der Waals surface area (Å²) in [7, 11) is 0. The number of hydrogen-bond acceptors (Lipinski definition) is 5. The second kappa shape index (κ2) is 6.00. The molecular formula is C13H22N4O. The lowest BCUT2D eigenvalue weighted by Crippen LogP contribution is -2.27. The third-order valence-electron chi connectivity index (χ3n) is 3.42. The summed E-state index contributed by atoms with van der Waals surface area (Å²) in [5.74, 6) is 2.81. The molecule has 5 nitrogen and oxygen atoms in total. The molecule has 0 radical (unpaired) electrons. The van der Waals surface area contributed by atoms with Crippen LogP contribution in [0, 0.1) is 12.8 Å². The molecule has 1 fully saturated rings. The van der Waals surface area contributed by atoms with Crippen molar-refractivity contribution in [3.05, 3.63) is 11.9 Å². The van der Waals surface area contributed by atoms with Gasteiger partial charge in [-0.15, -0.1) is 0 Å². The summed E-state index contributed by atoms with van der Waals surface area (Å²) in [5, 5.41) is 16.0. The van der Waals surface area contributed by atoms with E-state index >= 15 is 0 Å². The van der Waals surface area contributed by atoms with Crippen molar-refractivity contribution < 1.29 is 5.11 Å². The molecule has 2 atom stereocenters. The highest BCUT2D eigenvalue weighted by molar-refractivity contribution is 5.48. The Kier molecular flexibility index (Phi) is 4.36. The molecule has 0 aliphatic heterocycles. The van der Waals surface area contributed by atoms with Crippen LogP contribution in [0.3, 0.4) is 0 Å². The summed E-state index contributed by atoms with van der Waals surface area (Å²) in [6, 6.07) is 2.27. The Morgan fingerprint density at radius 3 is 2.83 bits per heavy atom. The van der Waals surface area contributed by atoms with Gasteiger partial charge in [-0.2, -0.15) is 0 Å². The first-order chi connectivity index (χ1) is 8.72. The molecule has 1 heterocycles. The summed E-state index contributed by atoms with van der Waals surface area (Å²) in [6.45, 7) is 5.04. The molecule has 1 aliphatic carbocycles. The van der Waals surface area contributed by atoms with Gasteiger partial charge in [0, 0.05) is 31.2 Å². The van der Waals surface area contributed by atoms with Crippen LogP contribution in [0.15, 0.2) is 6.07 Å². The molecule has 18 heavy (non-hydrogen) atoms. The summed E-state index contributed by atoms with van der Waals surface area (Å²) >= 11 is 0. The van der Waals surface area contributed by atoms with E-state index in [-0.39, 0.29) is 6.61 Å². The molecule has 2 rings (SSSR count). The van der Waals surface area contributed by atoms with Crippen molar-refractivity contribution >= 4 is 11.6 Å². The molecule has 0 aromatic carbocycles. The van der Waals surface area contributed by atoms with Gasteiger partial charge in [-0.25, -0.2) is 9.97 Å². The Morgan fingerprint density at radius 2 is 2.11 bits per heavy atom. The zero-order valence-corrected chi connectivity index (χ0v) is 11.1. The third kappa shape index (κ3) is 3.10. The number of aromatic nitrogens is 2. The van der Waals surface area contributed by atoms with Crippen LogP contribution in [0.1, 0.15) is 32.0 Å². The summed E-state index contributed by atoms with van der Waals surface area (Å²) in [5.41, 5.74) is 0. The van der Waals surface area contributed by atoms with Crippen LogP contribution in [-0.2, 0) is 0 Å². The highest BCUT2D eigenvalue weighted by Crippen LogP contribution is 2.28. The van der Waals surface area contributed by atoms with Crippen molar-refractivity contribution in [2.45, 2.75) is 39.2 Å². The van der Waals surface area contributed by atoms with Gasteiger partial charge in [0.25, 0.3) is 0 Å². The molecule has 0 bridgehead atoms. The fourth-order valence-corrected chi connectivity index (χ4v) is 2.55. The number of hydrogen-bond donors (Lipinski definition) is 3. The Bertz CT molecular complexity index is 397. The highest BCUT2D eigenvalue weighted by atomic mass is 16.3. The fraction of sp³-hybridized carbons (Fsp3) is 0.692. The van der Waals surface area contributed by atoms with E-state index in [1.165, 1.54) is 6.42 Å². The Morgan fingerprint density at radius 1 is 1.33 bits per heavy atom. The molecule has 1 aromatic rings. The SMILES string of the molecule is CCNc1cc(NC2CCCC2CO)nc(C)n1. The van der Waals surface area contributed by atoms with Crippen molar-refractivity contribution in [1.29, 1.82) is 0 Å². The zero-order chi connectivity index (χ0) is 13.0. The molecule has 0 saturated heterocycles. The summed E-state index contributed by atoms with van der Waals surface area (Å²) in [6.07, 6.45) is 3.37. The predicted octanol–water partition coefficient (Wildman–Crippen LogP) is 1.79. The minimum atomic E-state index is 0.252. The molecule has 2 unspecified atom stereocenters. The van der Waals surface area contributed by atoms with E-state index in [9.17, 15) is 5.11 Å². The monoisotopic (exact) mass is 250 g/mol. The number of aryl methyl sites for hydroxylation is 1. The maximum Gasteiger partial charge on any atom is 0.132 e. The first kappa shape index (κ1) is 13.1. The van der Waals surface area contributed by atoms with Gasteiger partial charge in [0.2, 0.25) is 0 Å². The second-order valence-corrected chi connectivity index (χ2v) is 4.84. The zero-order valence-electron chi connectivity index (χ0n) is 11.1. The van der Waals surface area contributed by atoms with Crippen LogP contribution >= 0.6 is 0 Å². The van der Waals surface area contributed by atoms with Gasteiger partial charge in [0.1, 0.15) is 17.5 Å². The molecular weight excluding hydrogens is 228 g/mol. The Hall–Kier alpha value is -1.36. The van der Waals surface area contributed by atoms with Crippen molar-refractivity contribution in [3.63, 3.8) is 0 Å². The van der Waals surface area contributed by atoms with E-state index in [1.807, 2.05) is 19.9 Å². The van der Waals surface area contributed by atoms with Gasteiger partial charge < -0.3 is 15.7 Å². The number of aliphatic hydroxyl groups is 1. The minimum absolute atomic E-state index is 0.252. The largest absolute Gasteiger partial charge is 0.396 e. The quantitative estimate of drug-likeness (QED) is 0.743. The van der Waals surface area contributed by atoms with Crippen LogP contribution in [0.4, 0.5) is 11.6 Å². The average Bonchev–Trinajstić information content (AvgIpc) is 2.76. The topological polar surface area (TPSA) is 70.1 Å². The van der Waals surface area contributed by atoms with Gasteiger partial charge in [0.05, 0.1) is 0 Å². The van der Waals surface area contributed by atoms with Crippen LogP contribution in [-0.4, -0.2) is 34.3 Å². The lowest BCUT2D eigenvalue weighted by atomic mass is 10.1. The average molecular weight is 250 g/mol. The van der Waals surface area contributed by atoms with Gasteiger partial charge in [-0.1, -0.05) is 6.42 Å². The van der Waals surface area contributed by atoms with Gasteiger partial charge >= 0.3 is 0 Å². The number of aliphatic hydroxyl groups excluding tert-OH is 1. The van der Waals surface area contributed by atoms with E-state index in [4.69, 9.17) is 0 Å². The molecule has 1 aromatic heterocycles. The van der Waals surface area contributed by atoms with Crippen LogP contribution in [0.25, 0.3) is 0 Å². The van der Waals surface area contributed by atoms with E-state index < -0.39 is 0 Å². The Balaban J connectivity index is 2.08. The third-order valence-corrected chi connectivity index (χ3v) is 3.42. The number of nitrogens with one attached hydrogen (secondary N) is 2. The van der Waals surface area contributed by atoms with Crippen molar-refractivity contribution in [2.24, 2.45) is 5.92 Å². The molecule has 1 aliphatic rings. The molecule has 100 valence electrons. The summed E-state index contributed by atoms with van der Waals surface area (Å²) < 4.78 is 0. The van der Waals surface area contributed by atoms with E-state index in [2.05, 4.69) is 20.6 Å². The maximum atomic E-state index is 9.32. The number of anilines is 2. The molecule has 1 saturated carbocycles. The van der Waals surface area contributed by atoms with Crippen molar-refractivity contribution in [3.8, 4) is 0 Å². The molecule has 5 heteroatoms. The second-order valence-electron chi connectivity index (χ2n) is 4.84. The summed E-state index contributed by atoms with van der Waals surface area (Å²) in [4.78, 5) is 8.73. The number of nitrogens with zero attached hydrogens (tertiary/aromatic N) is 2. The standard InChI is InChI=1S/C13H22N4O/c1-3-14-12-7-13(16-9(2)15-12)17-11-6-4-5-10(11)8-18/h7,10-11,18H,3-6,8H2,1-2H3,(H2,14,15,16,17). The van der Waals surface area contributed by atoms with E-state index in [1.54, 1.807) is 0 Å².